The van der Waals surface area contributed by atoms with Gasteiger partial charge in [0.15, 0.2) is 23.9 Å². The molecule has 0 atom stereocenters. The van der Waals surface area contributed by atoms with Crippen molar-refractivity contribution in [2.45, 2.75) is 6.61 Å². The third-order valence-electron chi connectivity index (χ3n) is 3.33. The van der Waals surface area contributed by atoms with E-state index in [-0.39, 0.29) is 16.9 Å². The molecule has 0 heterocycles. The molecule has 0 unspecified atom stereocenters. The molecule has 0 aliphatic rings. The molecule has 0 radical (unpaired) electrons. The third kappa shape index (κ3) is 4.92. The van der Waals surface area contributed by atoms with Crippen molar-refractivity contribution in [2.24, 2.45) is 0 Å². The molecule has 0 saturated heterocycles. The summed E-state index contributed by atoms with van der Waals surface area (Å²) in [5.74, 6) is -0.656. The maximum atomic E-state index is 12.2. The summed E-state index contributed by atoms with van der Waals surface area (Å²) in [5.41, 5.74) is 0.258. The van der Waals surface area contributed by atoms with E-state index < -0.39 is 25.0 Å². The minimum Gasteiger partial charge on any atom is -0.493 e. The summed E-state index contributed by atoms with van der Waals surface area (Å²) in [6.07, 6.45) is 0. The molecule has 26 heavy (non-hydrogen) atoms. The Bertz CT molecular complexity index is 791. The smallest absolute Gasteiger partial charge is 0.387 e. The monoisotopic (exact) mass is 366 g/mol. The van der Waals surface area contributed by atoms with E-state index >= 15 is 0 Å². The molecular weight excluding hydrogens is 350 g/mol. The van der Waals surface area contributed by atoms with E-state index in [0.717, 1.165) is 6.07 Å². The van der Waals surface area contributed by atoms with Crippen molar-refractivity contribution in [3.63, 3.8) is 0 Å². The third-order valence-corrected chi connectivity index (χ3v) is 3.33. The fourth-order valence-corrected chi connectivity index (χ4v) is 2.11. The van der Waals surface area contributed by atoms with E-state index in [0.29, 0.717) is 11.5 Å². The number of hydrogen-bond acceptors (Lipinski definition) is 6. The fraction of sp³-hybridized carbons (Fsp3) is 0.222. The van der Waals surface area contributed by atoms with Gasteiger partial charge >= 0.3 is 12.6 Å². The van der Waals surface area contributed by atoms with Crippen LogP contribution in [0.3, 0.4) is 0 Å². The van der Waals surface area contributed by atoms with Crippen LogP contribution in [0.25, 0.3) is 0 Å². The topological polar surface area (TPSA) is 71.1 Å². The predicted octanol–water partition coefficient (Wildman–Crippen LogP) is 3.34. The van der Waals surface area contributed by atoms with Crippen LogP contribution >= 0.6 is 0 Å². The first-order valence-electron chi connectivity index (χ1n) is 7.42. The molecule has 2 rings (SSSR count). The first-order chi connectivity index (χ1) is 12.4. The predicted molar refractivity (Wildman–Crippen MR) is 87.2 cm³/mol. The molecule has 0 fully saturated rings. The zero-order valence-electron chi connectivity index (χ0n) is 14.0. The molecule has 138 valence electrons. The van der Waals surface area contributed by atoms with Crippen LogP contribution in [0.4, 0.5) is 8.78 Å². The Morgan fingerprint density at radius 3 is 2.35 bits per heavy atom. The van der Waals surface area contributed by atoms with Crippen molar-refractivity contribution in [2.75, 3.05) is 20.8 Å². The number of benzene rings is 2. The van der Waals surface area contributed by atoms with Crippen LogP contribution in [-0.4, -0.2) is 39.2 Å². The van der Waals surface area contributed by atoms with E-state index in [1.807, 2.05) is 0 Å². The van der Waals surface area contributed by atoms with Crippen molar-refractivity contribution in [3.8, 4) is 17.2 Å². The Balaban J connectivity index is 2.02. The van der Waals surface area contributed by atoms with Crippen LogP contribution in [0.15, 0.2) is 42.5 Å². The lowest BCUT2D eigenvalue weighted by atomic mass is 10.1. The Hall–Kier alpha value is -3.16. The first kappa shape index (κ1) is 19.2. The number of ether oxygens (including phenoxy) is 4. The van der Waals surface area contributed by atoms with Crippen molar-refractivity contribution in [1.82, 2.24) is 0 Å². The number of carbonyl (C=O) groups excluding carboxylic acids is 2. The summed E-state index contributed by atoms with van der Waals surface area (Å²) >= 11 is 0. The van der Waals surface area contributed by atoms with Gasteiger partial charge in [0.25, 0.3) is 0 Å². The van der Waals surface area contributed by atoms with Gasteiger partial charge in [0.05, 0.1) is 19.8 Å². The minimum absolute atomic E-state index is 0.0109. The standard InChI is InChI=1S/C18H16F2O6/c1-23-15-7-6-11(9-16(15)24-2)14(21)10-25-17(22)12-4-3-5-13(8-12)26-18(19)20/h3-9,18H,10H2,1-2H3. The van der Waals surface area contributed by atoms with Crippen LogP contribution in [0.2, 0.25) is 0 Å². The van der Waals surface area contributed by atoms with Crippen molar-refractivity contribution in [1.29, 1.82) is 0 Å². The molecular formula is C18H16F2O6. The zero-order valence-corrected chi connectivity index (χ0v) is 14.0. The lowest BCUT2D eigenvalue weighted by Crippen LogP contribution is -2.14. The zero-order chi connectivity index (χ0) is 19.1. The second-order valence-corrected chi connectivity index (χ2v) is 4.98. The lowest BCUT2D eigenvalue weighted by Gasteiger charge is -2.10. The number of rotatable bonds is 8. The van der Waals surface area contributed by atoms with Gasteiger partial charge in [0.1, 0.15) is 5.75 Å². The van der Waals surface area contributed by atoms with Crippen LogP contribution < -0.4 is 14.2 Å². The molecule has 6 nitrogen and oxygen atoms in total. The minimum atomic E-state index is -3.01. The molecule has 0 spiro atoms. The maximum Gasteiger partial charge on any atom is 0.387 e. The number of alkyl halides is 2. The van der Waals surface area contributed by atoms with Crippen LogP contribution in [0.5, 0.6) is 17.2 Å². The van der Waals surface area contributed by atoms with Gasteiger partial charge in [0.2, 0.25) is 0 Å². The summed E-state index contributed by atoms with van der Waals surface area (Å²) in [6, 6.07) is 9.64. The van der Waals surface area contributed by atoms with Gasteiger partial charge in [-0.25, -0.2) is 4.79 Å². The highest BCUT2D eigenvalue weighted by molar-refractivity contribution is 5.99. The summed E-state index contributed by atoms with van der Waals surface area (Å²) in [5, 5.41) is 0. The molecule has 0 aliphatic carbocycles. The number of hydrogen-bond donors (Lipinski definition) is 0. The Kier molecular flexibility index (Phi) is 6.48. The molecule has 0 aromatic heterocycles. The molecule has 0 bridgehead atoms. The summed E-state index contributed by atoms with van der Waals surface area (Å²) < 4.78 is 43.7. The van der Waals surface area contributed by atoms with Gasteiger partial charge in [-0.1, -0.05) is 6.07 Å². The Labute approximate surface area is 148 Å². The number of ketones is 1. The second kappa shape index (κ2) is 8.80. The SMILES string of the molecule is COc1ccc(C(=O)COC(=O)c2cccc(OC(F)F)c2)cc1OC. The molecule has 0 N–H and O–H groups in total. The van der Waals surface area contributed by atoms with Gasteiger partial charge in [-0.2, -0.15) is 8.78 Å². The first-order valence-corrected chi connectivity index (χ1v) is 7.42. The second-order valence-electron chi connectivity index (χ2n) is 4.98. The number of carbonyl (C=O) groups is 2. The molecule has 2 aromatic carbocycles. The highest BCUT2D eigenvalue weighted by Crippen LogP contribution is 2.27. The summed E-state index contributed by atoms with van der Waals surface area (Å²) in [7, 11) is 2.90. The van der Waals surface area contributed by atoms with Gasteiger partial charge in [-0.3, -0.25) is 4.79 Å². The number of esters is 1. The highest BCUT2D eigenvalue weighted by atomic mass is 19.3. The average Bonchev–Trinajstić information content (AvgIpc) is 2.64. The lowest BCUT2D eigenvalue weighted by molar-refractivity contribution is -0.0499. The van der Waals surface area contributed by atoms with Crippen molar-refractivity contribution >= 4 is 11.8 Å². The maximum absolute atomic E-state index is 12.2. The highest BCUT2D eigenvalue weighted by Gasteiger charge is 2.15. The van der Waals surface area contributed by atoms with Crippen molar-refractivity contribution < 1.29 is 37.3 Å². The van der Waals surface area contributed by atoms with Gasteiger partial charge < -0.3 is 18.9 Å². The quantitative estimate of drug-likeness (QED) is 0.527. The molecule has 0 aliphatic heterocycles. The normalized spacial score (nSPS) is 10.3. The largest absolute Gasteiger partial charge is 0.493 e. The summed E-state index contributed by atoms with van der Waals surface area (Å²) in [4.78, 5) is 24.1. The Morgan fingerprint density at radius 1 is 0.962 bits per heavy atom. The number of methoxy groups -OCH3 is 2. The van der Waals surface area contributed by atoms with E-state index in [1.165, 1.54) is 44.6 Å². The molecule has 0 saturated carbocycles. The average molecular weight is 366 g/mol. The van der Waals surface area contributed by atoms with Crippen molar-refractivity contribution in [3.05, 3.63) is 53.6 Å². The van der Waals surface area contributed by atoms with Gasteiger partial charge in [-0.05, 0) is 36.4 Å². The summed E-state index contributed by atoms with van der Waals surface area (Å²) in [6.45, 7) is -3.53. The van der Waals surface area contributed by atoms with E-state index in [2.05, 4.69) is 4.74 Å². The van der Waals surface area contributed by atoms with E-state index in [1.54, 1.807) is 6.07 Å². The fourth-order valence-electron chi connectivity index (χ4n) is 2.11. The van der Waals surface area contributed by atoms with Crippen LogP contribution in [0.1, 0.15) is 20.7 Å². The molecule has 2 aromatic rings. The molecule has 8 heteroatoms. The van der Waals surface area contributed by atoms with Crippen LogP contribution in [0, 0.1) is 0 Å². The van der Waals surface area contributed by atoms with Gasteiger partial charge in [-0.15, -0.1) is 0 Å². The molecule has 0 amide bonds. The van der Waals surface area contributed by atoms with Gasteiger partial charge in [0, 0.05) is 5.56 Å². The van der Waals surface area contributed by atoms with E-state index in [4.69, 9.17) is 14.2 Å². The van der Waals surface area contributed by atoms with Crippen LogP contribution in [-0.2, 0) is 4.74 Å². The number of halogens is 2. The Morgan fingerprint density at radius 2 is 1.69 bits per heavy atom. The number of Topliss-reactive ketones (excluding diaryl/α,β-unsaturated/α-hetero) is 1. The van der Waals surface area contributed by atoms with E-state index in [9.17, 15) is 18.4 Å².